The molecule has 5 nitrogen and oxygen atoms in total. The molecule has 1 aromatic rings. The van der Waals surface area contributed by atoms with Crippen LogP contribution in [-0.4, -0.2) is 34.8 Å². The first-order valence-corrected chi connectivity index (χ1v) is 11.6. The summed E-state index contributed by atoms with van der Waals surface area (Å²) in [6, 6.07) is 6.64. The van der Waals surface area contributed by atoms with Crippen molar-refractivity contribution in [1.29, 1.82) is 0 Å². The first kappa shape index (κ1) is 19.2. The largest absolute Gasteiger partial charge is 0.491 e. The molecule has 150 valence electrons. The van der Waals surface area contributed by atoms with Gasteiger partial charge in [0.25, 0.3) is 0 Å². The van der Waals surface area contributed by atoms with Gasteiger partial charge in [-0.25, -0.2) is 13.1 Å². The third-order valence-corrected chi connectivity index (χ3v) is 8.58. The molecule has 6 heteroatoms. The monoisotopic (exact) mass is 393 g/mol. The van der Waals surface area contributed by atoms with Gasteiger partial charge in [-0.05, 0) is 92.9 Å². The van der Waals surface area contributed by atoms with Crippen LogP contribution < -0.4 is 9.46 Å². The molecule has 0 heterocycles. The van der Waals surface area contributed by atoms with Crippen molar-refractivity contribution in [3.8, 4) is 5.75 Å². The van der Waals surface area contributed by atoms with Gasteiger partial charge in [0, 0.05) is 13.2 Å². The van der Waals surface area contributed by atoms with Crippen molar-refractivity contribution in [2.24, 2.45) is 23.2 Å². The normalized spacial score (nSPS) is 33.2. The van der Waals surface area contributed by atoms with Crippen molar-refractivity contribution in [2.45, 2.75) is 56.4 Å². The Hall–Kier alpha value is -1.11. The minimum Gasteiger partial charge on any atom is -0.491 e. The summed E-state index contributed by atoms with van der Waals surface area (Å²) in [4.78, 5) is 0.304. The molecule has 1 N–H and O–H groups in total. The van der Waals surface area contributed by atoms with Gasteiger partial charge in [-0.15, -0.1) is 0 Å². The summed E-state index contributed by atoms with van der Waals surface area (Å²) in [6.45, 7) is 3.03. The highest BCUT2D eigenvalue weighted by Crippen LogP contribution is 2.61. The molecule has 4 fully saturated rings. The van der Waals surface area contributed by atoms with E-state index in [9.17, 15) is 8.42 Å². The summed E-state index contributed by atoms with van der Waals surface area (Å²) in [6.07, 6.45) is 7.66. The number of nitrogens with one attached hydrogen (secondary N) is 1. The van der Waals surface area contributed by atoms with Crippen LogP contribution in [0.1, 0.15) is 45.4 Å². The summed E-state index contributed by atoms with van der Waals surface area (Å²) in [5.41, 5.74) is 0.158. The molecule has 0 aliphatic heterocycles. The van der Waals surface area contributed by atoms with Crippen molar-refractivity contribution in [2.75, 3.05) is 20.3 Å². The van der Waals surface area contributed by atoms with E-state index in [4.69, 9.17) is 9.47 Å². The Morgan fingerprint density at radius 3 is 2.11 bits per heavy atom. The van der Waals surface area contributed by atoms with E-state index in [2.05, 4.69) is 11.6 Å². The average molecular weight is 394 g/mol. The molecule has 1 unspecified atom stereocenters. The number of sulfonamides is 1. The van der Waals surface area contributed by atoms with E-state index in [-0.39, 0.29) is 11.5 Å². The fraction of sp³-hybridized carbons (Fsp3) is 0.714. The SMILES string of the molecule is COCCOc1ccc(S(=O)(=O)NC(C)C23CC4CC(CC(C4)C2)C3)cc1. The summed E-state index contributed by atoms with van der Waals surface area (Å²) in [5, 5.41) is 0. The maximum atomic E-state index is 12.9. The lowest BCUT2D eigenvalue weighted by Gasteiger charge is -2.59. The fourth-order valence-electron chi connectivity index (χ4n) is 6.09. The molecular formula is C21H31NO4S. The van der Waals surface area contributed by atoms with Gasteiger partial charge in [-0.1, -0.05) is 0 Å². The third kappa shape index (κ3) is 3.89. The second kappa shape index (κ2) is 7.37. The minimum atomic E-state index is -3.53. The second-order valence-corrected chi connectivity index (χ2v) is 10.6. The lowest BCUT2D eigenvalue weighted by atomic mass is 9.48. The Labute approximate surface area is 162 Å². The van der Waals surface area contributed by atoms with E-state index in [1.165, 1.54) is 38.5 Å². The molecule has 5 rings (SSSR count). The number of methoxy groups -OCH3 is 1. The van der Waals surface area contributed by atoms with Gasteiger partial charge < -0.3 is 9.47 Å². The molecule has 1 atom stereocenters. The van der Waals surface area contributed by atoms with Crippen LogP contribution in [0.5, 0.6) is 5.75 Å². The molecule has 0 amide bonds. The van der Waals surface area contributed by atoms with Crippen molar-refractivity contribution < 1.29 is 17.9 Å². The second-order valence-electron chi connectivity index (χ2n) is 8.94. The van der Waals surface area contributed by atoms with E-state index >= 15 is 0 Å². The fourth-order valence-corrected chi connectivity index (χ4v) is 7.44. The maximum absolute atomic E-state index is 12.9. The smallest absolute Gasteiger partial charge is 0.240 e. The molecule has 0 saturated heterocycles. The van der Waals surface area contributed by atoms with Gasteiger partial charge in [0.2, 0.25) is 10.0 Å². The van der Waals surface area contributed by atoms with Gasteiger partial charge in [0.15, 0.2) is 0 Å². The number of hydrogen-bond acceptors (Lipinski definition) is 4. The summed E-state index contributed by atoms with van der Waals surface area (Å²) in [5.74, 6) is 3.09. The topological polar surface area (TPSA) is 64.6 Å². The molecule has 0 spiro atoms. The molecule has 4 aliphatic carbocycles. The molecule has 0 aromatic heterocycles. The number of ether oxygens (including phenoxy) is 2. The van der Waals surface area contributed by atoms with E-state index < -0.39 is 10.0 Å². The molecular weight excluding hydrogens is 362 g/mol. The highest BCUT2D eigenvalue weighted by molar-refractivity contribution is 7.89. The summed E-state index contributed by atoms with van der Waals surface area (Å²) in [7, 11) is -1.90. The molecule has 27 heavy (non-hydrogen) atoms. The van der Waals surface area contributed by atoms with Crippen molar-refractivity contribution in [1.82, 2.24) is 4.72 Å². The van der Waals surface area contributed by atoms with Crippen molar-refractivity contribution >= 4 is 10.0 Å². The van der Waals surface area contributed by atoms with Crippen molar-refractivity contribution in [3.63, 3.8) is 0 Å². The summed E-state index contributed by atoms with van der Waals surface area (Å²) >= 11 is 0. The van der Waals surface area contributed by atoms with Gasteiger partial charge in [-0.3, -0.25) is 0 Å². The first-order valence-electron chi connectivity index (χ1n) is 10.1. The van der Waals surface area contributed by atoms with Gasteiger partial charge in [-0.2, -0.15) is 0 Å². The van der Waals surface area contributed by atoms with E-state index in [1.54, 1.807) is 31.4 Å². The highest BCUT2D eigenvalue weighted by atomic mass is 32.2. The van der Waals surface area contributed by atoms with Gasteiger partial charge in [0.05, 0.1) is 11.5 Å². The quantitative estimate of drug-likeness (QED) is 0.686. The van der Waals surface area contributed by atoms with Crippen LogP contribution in [0.25, 0.3) is 0 Å². The van der Waals surface area contributed by atoms with Crippen LogP contribution in [0.2, 0.25) is 0 Å². The Morgan fingerprint density at radius 1 is 1.04 bits per heavy atom. The van der Waals surface area contributed by atoms with Gasteiger partial charge >= 0.3 is 0 Å². The van der Waals surface area contributed by atoms with Crippen LogP contribution in [0.15, 0.2) is 29.2 Å². The Morgan fingerprint density at radius 2 is 1.59 bits per heavy atom. The molecule has 1 aromatic carbocycles. The van der Waals surface area contributed by atoms with E-state index in [1.807, 2.05) is 0 Å². The molecule has 4 saturated carbocycles. The number of rotatable bonds is 8. The third-order valence-electron chi connectivity index (χ3n) is 7.03. The minimum absolute atomic E-state index is 0.0199. The van der Waals surface area contributed by atoms with Crippen LogP contribution in [0.4, 0.5) is 0 Å². The molecule has 4 bridgehead atoms. The maximum Gasteiger partial charge on any atom is 0.240 e. The lowest BCUT2D eigenvalue weighted by molar-refractivity contribution is -0.0666. The number of hydrogen-bond donors (Lipinski definition) is 1. The molecule has 0 radical (unpaired) electrons. The Kier molecular flexibility index (Phi) is 5.25. The Balaban J connectivity index is 1.43. The lowest BCUT2D eigenvalue weighted by Crippen LogP contribution is -2.55. The predicted molar refractivity (Wildman–Crippen MR) is 104 cm³/mol. The van der Waals surface area contributed by atoms with E-state index in [0.29, 0.717) is 23.9 Å². The van der Waals surface area contributed by atoms with Crippen LogP contribution in [0.3, 0.4) is 0 Å². The summed E-state index contributed by atoms with van der Waals surface area (Å²) < 4.78 is 39.4. The van der Waals surface area contributed by atoms with Crippen LogP contribution >= 0.6 is 0 Å². The zero-order valence-corrected chi connectivity index (χ0v) is 17.1. The first-order chi connectivity index (χ1) is 12.9. The average Bonchev–Trinajstić information content (AvgIpc) is 2.61. The van der Waals surface area contributed by atoms with Crippen LogP contribution in [-0.2, 0) is 14.8 Å². The Bertz CT molecular complexity index is 724. The van der Waals surface area contributed by atoms with Crippen molar-refractivity contribution in [3.05, 3.63) is 24.3 Å². The standard InChI is InChI=1S/C21H31NO4S/c1-15(21-12-16-9-17(13-21)11-18(10-16)14-21)22-27(23,24)20-5-3-19(4-6-20)26-8-7-25-2/h3-6,15-18,22H,7-14H2,1-2H3. The molecule has 4 aliphatic rings. The van der Waals surface area contributed by atoms with Crippen LogP contribution in [0, 0.1) is 23.2 Å². The highest BCUT2D eigenvalue weighted by Gasteiger charge is 2.53. The number of benzene rings is 1. The zero-order valence-electron chi connectivity index (χ0n) is 16.3. The van der Waals surface area contributed by atoms with Gasteiger partial charge in [0.1, 0.15) is 12.4 Å². The zero-order chi connectivity index (χ0) is 19.1. The van der Waals surface area contributed by atoms with E-state index in [0.717, 1.165) is 17.8 Å². The predicted octanol–water partition coefficient (Wildman–Crippen LogP) is 3.60.